The standard InChI is InChI=1S/C8H8F4N2O3S/c9-5-1-2-6(7(15)3-5)14-18(16,17)13-4-8(10,11)12/h1-3,13-15H,4H2. The molecule has 1 rings (SSSR count). The van der Waals surface area contributed by atoms with Gasteiger partial charge in [-0.15, -0.1) is 0 Å². The average Bonchev–Trinajstić information content (AvgIpc) is 2.19. The highest BCUT2D eigenvalue weighted by molar-refractivity contribution is 7.90. The Morgan fingerprint density at radius 1 is 1.28 bits per heavy atom. The summed E-state index contributed by atoms with van der Waals surface area (Å²) in [5, 5.41) is 9.17. The van der Waals surface area contributed by atoms with Gasteiger partial charge in [0, 0.05) is 6.07 Å². The van der Waals surface area contributed by atoms with Crippen LogP contribution in [0.2, 0.25) is 0 Å². The molecule has 0 aliphatic heterocycles. The van der Waals surface area contributed by atoms with E-state index in [0.29, 0.717) is 6.07 Å². The summed E-state index contributed by atoms with van der Waals surface area (Å²) < 4.78 is 73.2. The molecule has 0 amide bonds. The fraction of sp³-hybridized carbons (Fsp3) is 0.250. The Kier molecular flexibility index (Phi) is 4.02. The molecule has 10 heteroatoms. The molecule has 1 aromatic rings. The summed E-state index contributed by atoms with van der Waals surface area (Å²) in [4.78, 5) is 0. The fourth-order valence-electron chi connectivity index (χ4n) is 0.949. The summed E-state index contributed by atoms with van der Waals surface area (Å²) in [5.41, 5.74) is -0.439. The van der Waals surface area contributed by atoms with Gasteiger partial charge in [-0.1, -0.05) is 0 Å². The van der Waals surface area contributed by atoms with Crippen LogP contribution in [0.1, 0.15) is 0 Å². The molecule has 0 aromatic heterocycles. The third kappa shape index (κ3) is 4.75. The Balaban J connectivity index is 2.77. The highest BCUT2D eigenvalue weighted by Crippen LogP contribution is 2.24. The number of hydrogen-bond acceptors (Lipinski definition) is 3. The zero-order valence-electron chi connectivity index (χ0n) is 8.62. The lowest BCUT2D eigenvalue weighted by Crippen LogP contribution is -2.37. The third-order valence-electron chi connectivity index (χ3n) is 1.67. The summed E-state index contributed by atoms with van der Waals surface area (Å²) in [6.45, 7) is -1.76. The van der Waals surface area contributed by atoms with Crippen molar-refractivity contribution in [3.05, 3.63) is 24.0 Å². The molecule has 0 saturated carbocycles. The molecule has 0 atom stereocenters. The molecule has 0 fully saturated rings. The van der Waals surface area contributed by atoms with E-state index in [-0.39, 0.29) is 0 Å². The molecule has 3 N–H and O–H groups in total. The lowest BCUT2D eigenvalue weighted by molar-refractivity contribution is -0.121. The molecular formula is C8H8F4N2O3S. The van der Waals surface area contributed by atoms with Gasteiger partial charge in [0.1, 0.15) is 18.1 Å². The molecule has 0 aliphatic carbocycles. The lowest BCUT2D eigenvalue weighted by atomic mass is 10.3. The summed E-state index contributed by atoms with van der Waals surface area (Å²) in [6.07, 6.45) is -4.71. The zero-order valence-corrected chi connectivity index (χ0v) is 9.44. The van der Waals surface area contributed by atoms with Crippen LogP contribution in [0.25, 0.3) is 0 Å². The maximum Gasteiger partial charge on any atom is 0.402 e. The number of hydrogen-bond donors (Lipinski definition) is 3. The van der Waals surface area contributed by atoms with Crippen molar-refractivity contribution in [1.82, 2.24) is 4.72 Å². The lowest BCUT2D eigenvalue weighted by Gasteiger charge is -2.11. The summed E-state index contributed by atoms with van der Waals surface area (Å²) in [7, 11) is -4.51. The van der Waals surface area contributed by atoms with Crippen molar-refractivity contribution in [1.29, 1.82) is 0 Å². The van der Waals surface area contributed by atoms with E-state index in [1.165, 1.54) is 4.72 Å². The topological polar surface area (TPSA) is 78.4 Å². The minimum absolute atomic E-state index is 0.439. The Hall–Kier alpha value is -1.55. The maximum absolute atomic E-state index is 12.6. The van der Waals surface area contributed by atoms with Crippen molar-refractivity contribution in [2.24, 2.45) is 0 Å². The van der Waals surface area contributed by atoms with E-state index in [9.17, 15) is 26.0 Å². The van der Waals surface area contributed by atoms with Gasteiger partial charge in [-0.3, -0.25) is 4.72 Å². The smallest absolute Gasteiger partial charge is 0.402 e. The molecule has 102 valence electrons. The van der Waals surface area contributed by atoms with Gasteiger partial charge in [0.2, 0.25) is 0 Å². The number of alkyl halides is 3. The van der Waals surface area contributed by atoms with Gasteiger partial charge >= 0.3 is 6.18 Å². The van der Waals surface area contributed by atoms with E-state index >= 15 is 0 Å². The second kappa shape index (κ2) is 4.98. The number of nitrogens with one attached hydrogen (secondary N) is 2. The van der Waals surface area contributed by atoms with E-state index in [1.807, 2.05) is 0 Å². The molecule has 0 unspecified atom stereocenters. The van der Waals surface area contributed by atoms with E-state index in [0.717, 1.165) is 12.1 Å². The minimum atomic E-state index is -4.71. The molecule has 18 heavy (non-hydrogen) atoms. The quantitative estimate of drug-likeness (QED) is 0.578. The van der Waals surface area contributed by atoms with Gasteiger partial charge in [0.15, 0.2) is 0 Å². The number of aromatic hydroxyl groups is 1. The van der Waals surface area contributed by atoms with Crippen molar-refractivity contribution >= 4 is 15.9 Å². The number of phenols is 1. The summed E-state index contributed by atoms with van der Waals surface area (Å²) in [5.74, 6) is -1.56. The Morgan fingerprint density at radius 2 is 1.89 bits per heavy atom. The van der Waals surface area contributed by atoms with Gasteiger partial charge in [-0.05, 0) is 12.1 Å². The van der Waals surface area contributed by atoms with Crippen LogP contribution >= 0.6 is 0 Å². The highest BCUT2D eigenvalue weighted by atomic mass is 32.2. The van der Waals surface area contributed by atoms with Crippen LogP contribution in [0.4, 0.5) is 23.2 Å². The summed E-state index contributed by atoms with van der Waals surface area (Å²) >= 11 is 0. The van der Waals surface area contributed by atoms with Crippen LogP contribution in [0, 0.1) is 5.82 Å². The molecule has 0 radical (unpaired) electrons. The van der Waals surface area contributed by atoms with Crippen LogP contribution in [-0.4, -0.2) is 26.2 Å². The predicted molar refractivity (Wildman–Crippen MR) is 54.7 cm³/mol. The first kappa shape index (κ1) is 14.5. The van der Waals surface area contributed by atoms with Gasteiger partial charge in [-0.2, -0.15) is 26.3 Å². The molecule has 5 nitrogen and oxygen atoms in total. The maximum atomic E-state index is 12.6. The first-order valence-corrected chi connectivity index (χ1v) is 5.90. The van der Waals surface area contributed by atoms with E-state index in [2.05, 4.69) is 0 Å². The largest absolute Gasteiger partial charge is 0.506 e. The number of benzene rings is 1. The van der Waals surface area contributed by atoms with Gasteiger partial charge in [0.05, 0.1) is 5.69 Å². The predicted octanol–water partition coefficient (Wildman–Crippen LogP) is 1.34. The zero-order chi connectivity index (χ0) is 14.0. The second-order valence-corrected chi connectivity index (χ2v) is 4.70. The molecule has 1 aromatic carbocycles. The molecule has 0 aliphatic rings. The van der Waals surface area contributed by atoms with Crippen LogP contribution in [-0.2, 0) is 10.2 Å². The van der Waals surface area contributed by atoms with Crippen LogP contribution < -0.4 is 9.44 Å². The van der Waals surface area contributed by atoms with Gasteiger partial charge in [-0.25, -0.2) is 4.39 Å². The SMILES string of the molecule is O=S(=O)(NCC(F)(F)F)Nc1ccc(F)cc1O. The monoisotopic (exact) mass is 288 g/mol. The average molecular weight is 288 g/mol. The van der Waals surface area contributed by atoms with Crippen molar-refractivity contribution in [2.45, 2.75) is 6.18 Å². The van der Waals surface area contributed by atoms with Crippen molar-refractivity contribution in [2.75, 3.05) is 11.3 Å². The Bertz CT molecular complexity index is 530. The van der Waals surface area contributed by atoms with Crippen molar-refractivity contribution in [3.63, 3.8) is 0 Å². The number of rotatable bonds is 4. The van der Waals surface area contributed by atoms with Crippen molar-refractivity contribution < 1.29 is 31.1 Å². The van der Waals surface area contributed by atoms with Crippen molar-refractivity contribution in [3.8, 4) is 5.75 Å². The minimum Gasteiger partial charge on any atom is -0.506 e. The van der Waals surface area contributed by atoms with Crippen LogP contribution in [0.5, 0.6) is 5.75 Å². The Morgan fingerprint density at radius 3 is 2.39 bits per heavy atom. The van der Waals surface area contributed by atoms with E-state index < -0.39 is 40.2 Å². The fourth-order valence-corrected chi connectivity index (χ4v) is 1.84. The van der Waals surface area contributed by atoms with E-state index in [1.54, 1.807) is 4.72 Å². The number of halogens is 4. The summed E-state index contributed by atoms with van der Waals surface area (Å²) in [6, 6.07) is 2.32. The van der Waals surface area contributed by atoms with Crippen LogP contribution in [0.3, 0.4) is 0 Å². The second-order valence-electron chi connectivity index (χ2n) is 3.20. The van der Waals surface area contributed by atoms with Gasteiger partial charge < -0.3 is 5.11 Å². The van der Waals surface area contributed by atoms with Crippen LogP contribution in [0.15, 0.2) is 18.2 Å². The first-order valence-electron chi connectivity index (χ1n) is 4.42. The molecule has 0 spiro atoms. The Labute approximate surface area is 99.6 Å². The number of anilines is 1. The molecule has 0 saturated heterocycles. The third-order valence-corrected chi connectivity index (χ3v) is 2.68. The molecular weight excluding hydrogens is 280 g/mol. The molecule has 0 bridgehead atoms. The highest BCUT2D eigenvalue weighted by Gasteiger charge is 2.29. The van der Waals surface area contributed by atoms with E-state index in [4.69, 9.17) is 5.11 Å². The number of phenolic OH excluding ortho intramolecular Hbond substituents is 1. The van der Waals surface area contributed by atoms with Gasteiger partial charge in [0.25, 0.3) is 10.2 Å². The first-order chi connectivity index (χ1) is 8.09. The molecule has 0 heterocycles. The normalized spacial score (nSPS) is 12.4.